The van der Waals surface area contributed by atoms with Gasteiger partial charge >= 0.3 is 0 Å². The maximum atomic E-state index is 10.6. The number of hydrogen-bond acceptors (Lipinski definition) is 9. The van der Waals surface area contributed by atoms with Crippen molar-refractivity contribution in [1.29, 1.82) is 0 Å². The highest BCUT2D eigenvalue weighted by Gasteiger charge is 2.52. The monoisotopic (exact) mass is 470 g/mol. The highest BCUT2D eigenvalue weighted by Crippen LogP contribution is 2.40. The molecule has 170 valence electrons. The Morgan fingerprint density at radius 1 is 1.31 bits per heavy atom. The fourth-order valence-corrected chi connectivity index (χ4v) is 6.00. The van der Waals surface area contributed by atoms with Gasteiger partial charge in [0.15, 0.2) is 11.4 Å². The SMILES string of the molecule is CCCC1C2NCCN(C)C12.Cc1nc(C)c(-c2csc(Nc3ccc(C=O)cn3)n2)s1. The number of aromatic nitrogens is 3. The van der Waals surface area contributed by atoms with Crippen molar-refractivity contribution in [3.05, 3.63) is 40.0 Å². The molecule has 7 nitrogen and oxygen atoms in total. The molecule has 3 atom stereocenters. The van der Waals surface area contributed by atoms with Gasteiger partial charge in [-0.25, -0.2) is 15.0 Å². The number of anilines is 2. The molecule has 5 rings (SSSR count). The molecule has 2 N–H and O–H groups in total. The molecule has 1 saturated heterocycles. The number of piperazine rings is 1. The number of nitrogens with one attached hydrogen (secondary N) is 2. The van der Waals surface area contributed by atoms with Crippen LogP contribution in [0.1, 0.15) is 40.8 Å². The van der Waals surface area contributed by atoms with E-state index in [2.05, 4.69) is 44.5 Å². The third-order valence-corrected chi connectivity index (χ3v) is 7.75. The van der Waals surface area contributed by atoms with Crippen molar-refractivity contribution < 1.29 is 4.79 Å². The maximum absolute atomic E-state index is 10.6. The van der Waals surface area contributed by atoms with E-state index in [1.807, 2.05) is 19.2 Å². The quantitative estimate of drug-likeness (QED) is 0.512. The summed E-state index contributed by atoms with van der Waals surface area (Å²) in [5.41, 5.74) is 2.48. The van der Waals surface area contributed by atoms with Gasteiger partial charge in [-0.15, -0.1) is 22.7 Å². The minimum absolute atomic E-state index is 0.552. The predicted octanol–water partition coefficient (Wildman–Crippen LogP) is 4.52. The molecular formula is C23H30N6OS2. The van der Waals surface area contributed by atoms with Crippen LogP contribution < -0.4 is 10.6 Å². The van der Waals surface area contributed by atoms with Crippen LogP contribution in [0.3, 0.4) is 0 Å². The van der Waals surface area contributed by atoms with E-state index < -0.39 is 0 Å². The predicted molar refractivity (Wildman–Crippen MR) is 132 cm³/mol. The summed E-state index contributed by atoms with van der Waals surface area (Å²) in [6, 6.07) is 5.19. The summed E-state index contributed by atoms with van der Waals surface area (Å²) in [7, 11) is 2.26. The molecule has 0 aromatic carbocycles. The largest absolute Gasteiger partial charge is 0.316 e. The first-order valence-electron chi connectivity index (χ1n) is 11.0. The van der Waals surface area contributed by atoms with Gasteiger partial charge in [0, 0.05) is 42.3 Å². The first kappa shape index (κ1) is 23.0. The summed E-state index contributed by atoms with van der Waals surface area (Å²) >= 11 is 3.16. The molecule has 32 heavy (non-hydrogen) atoms. The average Bonchev–Trinajstić information content (AvgIpc) is 3.11. The molecule has 1 aliphatic carbocycles. The van der Waals surface area contributed by atoms with Crippen LogP contribution >= 0.6 is 22.7 Å². The molecule has 0 radical (unpaired) electrons. The first-order valence-corrected chi connectivity index (χ1v) is 12.7. The van der Waals surface area contributed by atoms with Crippen molar-refractivity contribution in [2.45, 2.75) is 45.7 Å². The average molecular weight is 471 g/mol. The van der Waals surface area contributed by atoms with E-state index in [9.17, 15) is 4.79 Å². The van der Waals surface area contributed by atoms with Crippen molar-refractivity contribution in [2.24, 2.45) is 5.92 Å². The summed E-state index contributed by atoms with van der Waals surface area (Å²) < 4.78 is 0. The van der Waals surface area contributed by atoms with Crippen LogP contribution in [0.15, 0.2) is 23.7 Å². The smallest absolute Gasteiger partial charge is 0.188 e. The van der Waals surface area contributed by atoms with Gasteiger partial charge in [-0.3, -0.25) is 4.79 Å². The number of hydrogen-bond donors (Lipinski definition) is 2. The molecule has 3 aromatic rings. The highest BCUT2D eigenvalue weighted by molar-refractivity contribution is 7.16. The Hall–Kier alpha value is -2.20. The molecule has 9 heteroatoms. The van der Waals surface area contributed by atoms with Gasteiger partial charge in [0.25, 0.3) is 0 Å². The molecule has 0 amide bonds. The molecule has 0 bridgehead atoms. The lowest BCUT2D eigenvalue weighted by Gasteiger charge is -2.21. The van der Waals surface area contributed by atoms with Crippen molar-refractivity contribution >= 4 is 39.9 Å². The number of carbonyl (C=O) groups is 1. The second kappa shape index (κ2) is 10.2. The van der Waals surface area contributed by atoms with Crippen molar-refractivity contribution in [2.75, 3.05) is 25.5 Å². The van der Waals surface area contributed by atoms with Gasteiger partial charge in [-0.1, -0.05) is 13.3 Å². The molecule has 0 spiro atoms. The molecule has 2 fully saturated rings. The topological polar surface area (TPSA) is 83.0 Å². The van der Waals surface area contributed by atoms with E-state index in [0.717, 1.165) is 50.7 Å². The van der Waals surface area contributed by atoms with Gasteiger partial charge in [-0.05, 0) is 45.4 Å². The normalized spacial score (nSPS) is 21.9. The number of likely N-dealkylation sites (N-methyl/N-ethyl adjacent to an activating group) is 1. The number of fused-ring (bicyclic) bond motifs is 1. The zero-order valence-electron chi connectivity index (χ0n) is 19.0. The summed E-state index contributed by atoms with van der Waals surface area (Å²) in [5, 5.41) is 10.5. The van der Waals surface area contributed by atoms with Crippen LogP contribution in [0.4, 0.5) is 10.9 Å². The lowest BCUT2D eigenvalue weighted by atomic mass is 10.2. The first-order chi connectivity index (χ1) is 15.5. The number of aldehydes is 1. The standard InChI is InChI=1S/C14H12N4OS2.C9H18N2/c1-8-13(21-9(2)16-8)11-7-20-14(17-11)18-12-4-3-10(6-19)5-15-12;1-3-4-7-8-9(7)11(2)6-5-10-8/h3-7H,1-2H3,(H,15,17,18);7-10H,3-6H2,1-2H3. The fourth-order valence-electron chi connectivity index (χ4n) is 4.33. The highest BCUT2D eigenvalue weighted by atomic mass is 32.1. The number of thiazole rings is 2. The Morgan fingerprint density at radius 3 is 2.78 bits per heavy atom. The molecule has 2 aliphatic rings. The zero-order chi connectivity index (χ0) is 22.7. The molecule has 3 aromatic heterocycles. The third kappa shape index (κ3) is 5.23. The second-order valence-electron chi connectivity index (χ2n) is 8.31. The van der Waals surface area contributed by atoms with E-state index in [0.29, 0.717) is 11.4 Å². The Labute approximate surface area is 197 Å². The number of nitrogens with zero attached hydrogens (tertiary/aromatic N) is 4. The minimum Gasteiger partial charge on any atom is -0.316 e. The van der Waals surface area contributed by atoms with Gasteiger partial charge in [-0.2, -0.15) is 0 Å². The number of pyridine rings is 1. The molecular weight excluding hydrogens is 440 g/mol. The molecule has 4 heterocycles. The minimum atomic E-state index is 0.552. The summed E-state index contributed by atoms with van der Waals surface area (Å²) in [4.78, 5) is 27.3. The van der Waals surface area contributed by atoms with Crippen LogP contribution in [0, 0.1) is 19.8 Å². The summed E-state index contributed by atoms with van der Waals surface area (Å²) in [5.74, 6) is 1.63. The van der Waals surface area contributed by atoms with E-state index in [1.54, 1.807) is 23.5 Å². The van der Waals surface area contributed by atoms with Crippen LogP contribution in [-0.4, -0.2) is 58.4 Å². The lowest BCUT2D eigenvalue weighted by molar-refractivity contribution is 0.112. The van der Waals surface area contributed by atoms with E-state index >= 15 is 0 Å². The van der Waals surface area contributed by atoms with Gasteiger partial charge < -0.3 is 15.5 Å². The summed E-state index contributed by atoms with van der Waals surface area (Å²) in [6.07, 6.45) is 5.05. The molecule has 3 unspecified atom stereocenters. The van der Waals surface area contributed by atoms with E-state index in [4.69, 9.17) is 0 Å². The molecule has 1 saturated carbocycles. The van der Waals surface area contributed by atoms with Crippen LogP contribution in [-0.2, 0) is 0 Å². The second-order valence-corrected chi connectivity index (χ2v) is 10.4. The van der Waals surface area contributed by atoms with Crippen LogP contribution in [0.5, 0.6) is 0 Å². The summed E-state index contributed by atoms with van der Waals surface area (Å²) in [6.45, 7) is 8.69. The van der Waals surface area contributed by atoms with Crippen molar-refractivity contribution in [3.8, 4) is 10.6 Å². The zero-order valence-corrected chi connectivity index (χ0v) is 20.6. The Kier molecular flexibility index (Phi) is 7.30. The number of carbonyl (C=O) groups excluding carboxylic acids is 1. The van der Waals surface area contributed by atoms with Crippen LogP contribution in [0.25, 0.3) is 10.6 Å². The lowest BCUT2D eigenvalue weighted by Crippen LogP contribution is -2.41. The van der Waals surface area contributed by atoms with E-state index in [-0.39, 0.29) is 0 Å². The number of rotatable bonds is 6. The van der Waals surface area contributed by atoms with Gasteiger partial charge in [0.1, 0.15) is 5.82 Å². The van der Waals surface area contributed by atoms with Crippen molar-refractivity contribution in [3.63, 3.8) is 0 Å². The van der Waals surface area contributed by atoms with E-state index in [1.165, 1.54) is 43.5 Å². The van der Waals surface area contributed by atoms with Crippen molar-refractivity contribution in [1.82, 2.24) is 25.2 Å². The van der Waals surface area contributed by atoms with Crippen LogP contribution in [0.2, 0.25) is 0 Å². The fraction of sp³-hybridized carbons (Fsp3) is 0.478. The Bertz CT molecular complexity index is 1050. The third-order valence-electron chi connectivity index (χ3n) is 5.90. The molecule has 1 aliphatic heterocycles. The number of aryl methyl sites for hydroxylation is 2. The maximum Gasteiger partial charge on any atom is 0.188 e. The van der Waals surface area contributed by atoms with Gasteiger partial charge in [0.05, 0.1) is 21.3 Å². The Balaban J connectivity index is 0.000000186. The van der Waals surface area contributed by atoms with Gasteiger partial charge in [0.2, 0.25) is 0 Å². The Morgan fingerprint density at radius 2 is 2.16 bits per heavy atom.